The van der Waals surface area contributed by atoms with Gasteiger partial charge in [0.1, 0.15) is 0 Å². The van der Waals surface area contributed by atoms with Crippen LogP contribution in [0.2, 0.25) is 0 Å². The van der Waals surface area contributed by atoms with Gasteiger partial charge in [0.2, 0.25) is 11.1 Å². The normalized spacial score (nSPS) is 11.2. The largest absolute Gasteiger partial charge is 0.673 e. The number of nitrogens with zero attached hydrogens (tertiary/aromatic N) is 2. The first kappa shape index (κ1) is 20.1. The van der Waals surface area contributed by atoms with Gasteiger partial charge in [-0.1, -0.05) is 0 Å². The van der Waals surface area contributed by atoms with Crippen molar-refractivity contribution in [3.05, 3.63) is 22.7 Å². The third kappa shape index (κ3) is 6.73. The van der Waals surface area contributed by atoms with Gasteiger partial charge in [-0.3, -0.25) is 0 Å². The maximum Gasteiger partial charge on any atom is 0.673 e. The van der Waals surface area contributed by atoms with Crippen LogP contribution in [0.15, 0.2) is 17.0 Å². The molecule has 0 atom stereocenters. The zero-order chi connectivity index (χ0) is 17.6. The molecule has 1 rings (SSSR count). The van der Waals surface area contributed by atoms with E-state index in [4.69, 9.17) is 15.2 Å². The quantitative estimate of drug-likeness (QED) is 0.515. The van der Waals surface area contributed by atoms with Crippen LogP contribution in [-0.2, 0) is 9.84 Å². The number of aliphatic hydroxyl groups excluding tert-OH is 1. The number of halogens is 4. The fourth-order valence-electron chi connectivity index (χ4n) is 1.46. The SMILES string of the molecule is COc1cc(S(=O)(=O)CCO)c(C)cc1[N+]#N.F[B-](F)(F)F. The zero-order valence-corrected chi connectivity index (χ0v) is 12.4. The first-order valence-electron chi connectivity index (χ1n) is 5.71. The maximum absolute atomic E-state index is 11.8. The lowest BCUT2D eigenvalue weighted by molar-refractivity contribution is 0.319. The molecule has 12 heteroatoms. The number of diazo groups is 1. The van der Waals surface area contributed by atoms with Crippen molar-refractivity contribution in [2.24, 2.45) is 0 Å². The lowest BCUT2D eigenvalue weighted by atomic mass is 10.2. The summed E-state index contributed by atoms with van der Waals surface area (Å²) in [6, 6.07) is 2.69. The smallest absolute Gasteiger partial charge is 0.489 e. The van der Waals surface area contributed by atoms with Crippen LogP contribution < -0.4 is 4.74 Å². The molecule has 22 heavy (non-hydrogen) atoms. The Labute approximate surface area is 124 Å². The molecule has 1 N–H and O–H groups in total. The Morgan fingerprint density at radius 3 is 2.18 bits per heavy atom. The van der Waals surface area contributed by atoms with E-state index in [2.05, 4.69) is 4.98 Å². The minimum absolute atomic E-state index is 0.0656. The first-order chi connectivity index (χ1) is 9.96. The fourth-order valence-corrected chi connectivity index (χ4v) is 2.76. The Morgan fingerprint density at radius 2 is 1.82 bits per heavy atom. The van der Waals surface area contributed by atoms with E-state index in [1.807, 2.05) is 0 Å². The molecule has 1 aromatic carbocycles. The molecule has 6 nitrogen and oxygen atoms in total. The highest BCUT2D eigenvalue weighted by Gasteiger charge is 2.24. The van der Waals surface area contributed by atoms with Crippen molar-refractivity contribution in [3.8, 4) is 5.75 Å². The van der Waals surface area contributed by atoms with Gasteiger partial charge in [-0.25, -0.2) is 8.42 Å². The average Bonchev–Trinajstić information content (AvgIpc) is 2.35. The number of sulfone groups is 1. The summed E-state index contributed by atoms with van der Waals surface area (Å²) in [5, 5.41) is 17.4. The predicted octanol–water partition coefficient (Wildman–Crippen LogP) is 2.55. The molecule has 0 aliphatic rings. The lowest BCUT2D eigenvalue weighted by Gasteiger charge is -2.06. The highest BCUT2D eigenvalue weighted by atomic mass is 32.2. The number of hydrogen-bond donors (Lipinski definition) is 1. The molecule has 0 aliphatic heterocycles. The van der Waals surface area contributed by atoms with Gasteiger partial charge in [-0.2, -0.15) is 0 Å². The van der Waals surface area contributed by atoms with Crippen LogP contribution in [0, 0.1) is 12.3 Å². The van der Waals surface area contributed by atoms with Crippen molar-refractivity contribution in [2.45, 2.75) is 11.8 Å². The van der Waals surface area contributed by atoms with Crippen molar-refractivity contribution in [2.75, 3.05) is 19.5 Å². The van der Waals surface area contributed by atoms with E-state index in [1.54, 1.807) is 6.92 Å². The molecule has 0 saturated heterocycles. The maximum atomic E-state index is 11.8. The van der Waals surface area contributed by atoms with Crippen molar-refractivity contribution in [1.82, 2.24) is 0 Å². The summed E-state index contributed by atoms with van der Waals surface area (Å²) in [6.45, 7) is 1.13. The summed E-state index contributed by atoms with van der Waals surface area (Å²) in [7, 11) is -8.20. The molecule has 0 spiro atoms. The van der Waals surface area contributed by atoms with E-state index in [1.165, 1.54) is 19.2 Å². The molecule has 0 radical (unpaired) electrons. The second kappa shape index (κ2) is 7.95. The highest BCUT2D eigenvalue weighted by molar-refractivity contribution is 7.91. The van der Waals surface area contributed by atoms with Crippen LogP contribution in [0.25, 0.3) is 4.98 Å². The second-order valence-electron chi connectivity index (χ2n) is 3.93. The van der Waals surface area contributed by atoms with Crippen LogP contribution in [0.3, 0.4) is 0 Å². The van der Waals surface area contributed by atoms with E-state index in [0.29, 0.717) is 5.56 Å². The van der Waals surface area contributed by atoms with E-state index in [-0.39, 0.29) is 22.1 Å². The zero-order valence-electron chi connectivity index (χ0n) is 11.6. The minimum atomic E-state index is -6.00. The molecular formula is C10H13BF4N2O4S. The second-order valence-corrected chi connectivity index (χ2v) is 6.00. The Balaban J connectivity index is 0.000000763. The molecule has 0 unspecified atom stereocenters. The van der Waals surface area contributed by atoms with Crippen LogP contribution in [0.1, 0.15) is 5.56 Å². The lowest BCUT2D eigenvalue weighted by Crippen LogP contribution is -2.11. The van der Waals surface area contributed by atoms with Crippen LogP contribution in [0.5, 0.6) is 5.75 Å². The molecule has 0 heterocycles. The number of aryl methyl sites for hydroxylation is 1. The van der Waals surface area contributed by atoms with Gasteiger partial charge in [0.15, 0.2) is 14.8 Å². The molecule has 1 aromatic rings. The van der Waals surface area contributed by atoms with Gasteiger partial charge in [-0.05, 0) is 12.5 Å². The predicted molar refractivity (Wildman–Crippen MR) is 71.8 cm³/mol. The standard InChI is InChI=1S/C10H13N2O4S.BF4/c1-7-5-8(12-11)9(16-2)6-10(7)17(14,15)4-3-13;2-1(3,4)5/h5-6,13H,3-4H2,1-2H3;/q+1;-1. The van der Waals surface area contributed by atoms with Gasteiger partial charge < -0.3 is 27.1 Å². The topological polar surface area (TPSA) is 91.8 Å². The fraction of sp³-hybridized carbons (Fsp3) is 0.400. The summed E-state index contributed by atoms with van der Waals surface area (Å²) in [5.74, 6) is -0.193. The van der Waals surface area contributed by atoms with Crippen LogP contribution in [-0.4, -0.2) is 40.2 Å². The highest BCUT2D eigenvalue weighted by Crippen LogP contribution is 2.33. The van der Waals surface area contributed by atoms with Gasteiger partial charge in [0, 0.05) is 12.1 Å². The van der Waals surface area contributed by atoms with Gasteiger partial charge in [-0.15, -0.1) is 0 Å². The average molecular weight is 344 g/mol. The van der Waals surface area contributed by atoms with Crippen molar-refractivity contribution in [1.29, 1.82) is 5.39 Å². The Kier molecular flexibility index (Phi) is 7.28. The molecule has 124 valence electrons. The van der Waals surface area contributed by atoms with Crippen molar-refractivity contribution < 1.29 is 35.5 Å². The van der Waals surface area contributed by atoms with Gasteiger partial charge >= 0.3 is 12.9 Å². The van der Waals surface area contributed by atoms with E-state index in [9.17, 15) is 25.7 Å². The van der Waals surface area contributed by atoms with Gasteiger partial charge in [0.05, 0.1) is 24.4 Å². The van der Waals surface area contributed by atoms with E-state index in [0.717, 1.165) is 0 Å². The van der Waals surface area contributed by atoms with Crippen LogP contribution >= 0.6 is 0 Å². The first-order valence-corrected chi connectivity index (χ1v) is 7.36. The summed E-state index contributed by atoms with van der Waals surface area (Å²) >= 11 is 0. The van der Waals surface area contributed by atoms with Crippen molar-refractivity contribution in [3.63, 3.8) is 0 Å². The number of rotatable bonds is 4. The van der Waals surface area contributed by atoms with Crippen molar-refractivity contribution >= 4 is 22.8 Å². The summed E-state index contributed by atoms with van der Waals surface area (Å²) in [6.07, 6.45) is 0. The summed E-state index contributed by atoms with van der Waals surface area (Å²) in [4.78, 5) is 3.07. The number of aliphatic hydroxyl groups is 1. The summed E-state index contributed by atoms with van der Waals surface area (Å²) in [5.41, 5.74) is 0.597. The van der Waals surface area contributed by atoms with Crippen LogP contribution in [0.4, 0.5) is 23.0 Å². The number of hydrogen-bond acceptors (Lipinski definition) is 5. The van der Waals surface area contributed by atoms with E-state index >= 15 is 0 Å². The Hall–Kier alpha value is -1.87. The third-order valence-corrected chi connectivity index (χ3v) is 4.11. The molecule has 0 aromatic heterocycles. The number of benzene rings is 1. The third-order valence-electron chi connectivity index (χ3n) is 2.28. The molecule has 0 aliphatic carbocycles. The molecular weight excluding hydrogens is 331 g/mol. The minimum Gasteiger partial charge on any atom is -0.489 e. The Bertz CT molecular complexity index is 652. The van der Waals surface area contributed by atoms with E-state index < -0.39 is 23.7 Å². The molecule has 0 amide bonds. The summed E-state index contributed by atoms with van der Waals surface area (Å²) < 4.78 is 67.5. The number of ether oxygens (including phenoxy) is 1. The Morgan fingerprint density at radius 1 is 1.32 bits per heavy atom. The number of methoxy groups -OCH3 is 1. The molecule has 0 fully saturated rings. The molecule has 0 bridgehead atoms. The molecule has 0 saturated carbocycles. The van der Waals surface area contributed by atoms with Gasteiger partial charge in [0.25, 0.3) is 0 Å². The monoisotopic (exact) mass is 344 g/mol.